The molecular formula is C37H28B14F6N2O2Si. The minimum atomic E-state index is -4.62. The number of aliphatic hydroxyl groups is 1. The summed E-state index contributed by atoms with van der Waals surface area (Å²) < 4.78 is 81.4. The molecule has 16 radical (unpaired) electrons. The zero-order valence-electron chi connectivity index (χ0n) is 34.0. The van der Waals surface area contributed by atoms with E-state index in [0.717, 1.165) is 10.8 Å². The molecule has 2 unspecified atom stereocenters. The van der Waals surface area contributed by atoms with E-state index in [2.05, 4.69) is 91.9 Å². The summed E-state index contributed by atoms with van der Waals surface area (Å²) in [6.07, 6.45) is -14.0. The molecule has 0 bridgehead atoms. The molecule has 286 valence electrons. The van der Waals surface area contributed by atoms with Gasteiger partial charge in [-0.1, -0.05) is 35.7 Å². The predicted octanol–water partition coefficient (Wildman–Crippen LogP) is 4.72. The van der Waals surface area contributed by atoms with E-state index in [1.807, 2.05) is 6.07 Å². The molecule has 2 aromatic heterocycles. The number of aliphatic hydroxyl groups excluding tert-OH is 1. The van der Waals surface area contributed by atoms with Crippen molar-refractivity contribution < 1.29 is 35.9 Å². The van der Waals surface area contributed by atoms with Gasteiger partial charge in [-0.2, -0.15) is 26.3 Å². The fraction of sp³-hybridized carbons (Fsp3) is 0.189. The zero-order chi connectivity index (χ0) is 47.3. The number of alkyl halides is 6. The molecule has 62 heavy (non-hydrogen) atoms. The first-order valence-electron chi connectivity index (χ1n) is 18.1. The summed E-state index contributed by atoms with van der Waals surface area (Å²) in [4.78, 5) is 5.71. The summed E-state index contributed by atoms with van der Waals surface area (Å²) in [5.41, 5.74) is 30.7. The standard InChI is InChI=1S/C14H4.C13H16F3NOSi.C10H8F3NO.B14/c1-3-5-7-9-11-13-14-12-10-8-6-4-2;1-19(2,3)18-12(13(14,15)16)10-5-4-9-6-7-17-11(9)8-10;11-10(12,13)9(15)7-2-1-6-3-4-14-8(6)5-7;1-9(2)13(10(3)4)14(11(5)6)12(7)8/h1-2H2;4-8,12,17H,1-3H3;1-5,9,14-15H;. The van der Waals surface area contributed by atoms with Crippen LogP contribution >= 0.6 is 0 Å². The quantitative estimate of drug-likeness (QED) is 0.130. The van der Waals surface area contributed by atoms with Crippen molar-refractivity contribution >= 4 is 130 Å². The number of nitrogens with one attached hydrogen (secondary N) is 2. The topological polar surface area (TPSA) is 61.0 Å². The van der Waals surface area contributed by atoms with E-state index in [0.29, 0.717) is 11.0 Å². The predicted molar refractivity (Wildman–Crippen MR) is 255 cm³/mol. The Balaban J connectivity index is 0.000000418. The minimum absolute atomic E-state index is 0.143. The van der Waals surface area contributed by atoms with Crippen LogP contribution in [-0.2, 0) is 4.43 Å². The van der Waals surface area contributed by atoms with Gasteiger partial charge in [0, 0.05) is 124 Å². The molecule has 0 fully saturated rings. The summed E-state index contributed by atoms with van der Waals surface area (Å²) in [5.74, 6) is 0. The molecule has 0 aliphatic rings. The smallest absolute Gasteiger partial charge is 0.403 e. The molecule has 4 rings (SSSR count). The van der Waals surface area contributed by atoms with E-state index in [9.17, 15) is 26.3 Å². The lowest BCUT2D eigenvalue weighted by Crippen LogP contribution is -2.72. The maximum absolute atomic E-state index is 13.1. The monoisotopic (exact) mass is 828 g/mol. The molecule has 4 aromatic rings. The highest BCUT2D eigenvalue weighted by Crippen LogP contribution is 2.39. The van der Waals surface area contributed by atoms with Crippen LogP contribution in [0.25, 0.3) is 21.8 Å². The van der Waals surface area contributed by atoms with Crippen molar-refractivity contribution in [1.29, 1.82) is 0 Å². The molecule has 0 saturated carbocycles. The van der Waals surface area contributed by atoms with Crippen molar-refractivity contribution in [2.24, 2.45) is 0 Å². The summed E-state index contributed by atoms with van der Waals surface area (Å²) in [6, 6.07) is 12.3. The number of benzene rings is 2. The lowest BCUT2D eigenvalue weighted by atomic mass is 8.47. The Hall–Kier alpha value is -4.75. The molecule has 3 N–H and O–H groups in total. The largest absolute Gasteiger partial charge is 0.418 e. The van der Waals surface area contributed by atoms with E-state index >= 15 is 0 Å². The first kappa shape index (κ1) is 55.3. The zero-order valence-corrected chi connectivity index (χ0v) is 35.0. The van der Waals surface area contributed by atoms with E-state index < -0.39 is 71.2 Å². The van der Waals surface area contributed by atoms with Gasteiger partial charge in [-0.05, 0) is 136 Å². The van der Waals surface area contributed by atoms with Gasteiger partial charge in [0.1, 0.15) is 0 Å². The van der Waals surface area contributed by atoms with E-state index in [-0.39, 0.29) is 11.1 Å². The fourth-order valence-corrected chi connectivity index (χ4v) is 6.19. The minimum Gasteiger partial charge on any atom is -0.403 e. The number of aromatic amines is 2. The van der Waals surface area contributed by atoms with Gasteiger partial charge in [0.2, 0.25) is 0 Å². The van der Waals surface area contributed by atoms with E-state index in [4.69, 9.17) is 71.4 Å². The molecule has 25 heteroatoms. The molecule has 4 nitrogen and oxygen atoms in total. The van der Waals surface area contributed by atoms with Gasteiger partial charge in [0.25, 0.3) is 0 Å². The van der Waals surface area contributed by atoms with Crippen molar-refractivity contribution in [1.82, 2.24) is 9.97 Å². The molecule has 0 aliphatic carbocycles. The maximum Gasteiger partial charge on any atom is 0.418 e. The Labute approximate surface area is 372 Å². The van der Waals surface area contributed by atoms with Gasteiger partial charge in [-0.25, -0.2) is 0 Å². The third-order valence-electron chi connectivity index (χ3n) is 7.82. The van der Waals surface area contributed by atoms with Crippen LogP contribution in [0.1, 0.15) is 23.3 Å². The molecule has 0 spiro atoms. The number of aromatic nitrogens is 2. The van der Waals surface area contributed by atoms with Gasteiger partial charge >= 0.3 is 12.4 Å². The highest BCUT2D eigenvalue weighted by molar-refractivity contribution is 8.10. The molecule has 2 heterocycles. The van der Waals surface area contributed by atoms with E-state index in [1.165, 1.54) is 30.3 Å². The van der Waals surface area contributed by atoms with Crippen LogP contribution in [0.15, 0.2) is 143 Å². The Morgan fingerprint density at radius 3 is 1.21 bits per heavy atom. The third-order valence-corrected chi connectivity index (χ3v) is 8.76. The molecule has 0 amide bonds. The average Bonchev–Trinajstić information content (AvgIpc) is 3.85. The third kappa shape index (κ3) is 20.4. The SMILES string of the molecule is C=C=C=C=C=C=C=C=C=C=C=C=C=C.C[Si](C)(C)OC(c1ccc2cc[nH]c2c1)C(F)(F)F.OC(c1ccc2cc[nH]c2c1)C(F)(F)F.[B]B([B])B(B([B])[B])B(B([B])[B])B([B])[B]. The van der Waals surface area contributed by atoms with Crippen LogP contribution in [0.2, 0.25) is 19.6 Å². The second-order valence-corrected chi connectivity index (χ2v) is 18.3. The van der Waals surface area contributed by atoms with Crippen molar-refractivity contribution in [3.05, 3.63) is 154 Å². The highest BCUT2D eigenvalue weighted by atomic mass is 28.4. The van der Waals surface area contributed by atoms with Gasteiger partial charge in [-0.3, -0.25) is 0 Å². The maximum atomic E-state index is 13.1. The Kier molecular flexibility index (Phi) is 23.8. The van der Waals surface area contributed by atoms with Crippen LogP contribution in [-0.4, -0.2) is 136 Å². The van der Waals surface area contributed by atoms with Gasteiger partial charge in [0.15, 0.2) is 20.5 Å². The number of hydrogen-bond donors (Lipinski definition) is 3. The Bertz CT molecular complexity index is 2440. The summed E-state index contributed by atoms with van der Waals surface area (Å²) >= 11 is 0. The molecule has 0 saturated heterocycles. The number of rotatable bonds is 9. The lowest BCUT2D eigenvalue weighted by Gasteiger charge is -2.34. The van der Waals surface area contributed by atoms with Crippen molar-refractivity contribution in [3.8, 4) is 0 Å². The Morgan fingerprint density at radius 2 is 0.903 bits per heavy atom. The second-order valence-electron chi connectivity index (χ2n) is 13.8. The summed E-state index contributed by atoms with van der Waals surface area (Å²) in [7, 11) is 41.8. The number of halogens is 6. The summed E-state index contributed by atoms with van der Waals surface area (Å²) in [5, 5.41) is 10.7. The fourth-order valence-electron chi connectivity index (χ4n) is 5.21. The first-order valence-corrected chi connectivity index (χ1v) is 21.5. The van der Waals surface area contributed by atoms with E-state index in [1.54, 1.807) is 44.2 Å². The van der Waals surface area contributed by atoms with Gasteiger partial charge in [-0.15, -0.1) is 0 Å². The van der Waals surface area contributed by atoms with Crippen LogP contribution in [0.3, 0.4) is 0 Å². The highest BCUT2D eigenvalue weighted by Gasteiger charge is 2.44. The number of fused-ring (bicyclic) bond motifs is 2. The number of H-pyrrole nitrogens is 2. The molecule has 0 aliphatic heterocycles. The number of hydrogen-bond acceptors (Lipinski definition) is 2. The normalized spacial score (nSPS) is 10.9. The van der Waals surface area contributed by atoms with Crippen LogP contribution < -0.4 is 0 Å². The second kappa shape index (κ2) is 26.7. The molecule has 2 aromatic carbocycles. The lowest BCUT2D eigenvalue weighted by molar-refractivity contribution is -0.206. The van der Waals surface area contributed by atoms with Crippen LogP contribution in [0.4, 0.5) is 26.3 Å². The van der Waals surface area contributed by atoms with Gasteiger partial charge in [0.05, 0.1) is 0 Å². The molecular weight excluding hydrogens is 798 g/mol. The van der Waals surface area contributed by atoms with Gasteiger partial charge < -0.3 is 19.5 Å². The Morgan fingerprint density at radius 1 is 0.565 bits per heavy atom. The first-order chi connectivity index (χ1) is 28.8. The summed E-state index contributed by atoms with van der Waals surface area (Å²) in [6.45, 7) is 11.8. The van der Waals surface area contributed by atoms with Crippen molar-refractivity contribution in [2.75, 3.05) is 0 Å². The van der Waals surface area contributed by atoms with Crippen molar-refractivity contribution in [3.63, 3.8) is 0 Å². The van der Waals surface area contributed by atoms with Crippen LogP contribution in [0.5, 0.6) is 0 Å². The van der Waals surface area contributed by atoms with Crippen molar-refractivity contribution in [2.45, 2.75) is 44.2 Å². The average molecular weight is 826 g/mol. The van der Waals surface area contributed by atoms with Crippen LogP contribution in [0, 0.1) is 0 Å². The molecule has 2 atom stereocenters.